The van der Waals surface area contributed by atoms with E-state index in [0.717, 1.165) is 49.4 Å². The lowest BCUT2D eigenvalue weighted by molar-refractivity contribution is -0.137. The summed E-state index contributed by atoms with van der Waals surface area (Å²) in [6.45, 7) is 4.74. The molecule has 9 nitrogen and oxygen atoms in total. The minimum Gasteiger partial charge on any atom is -0.488 e. The van der Waals surface area contributed by atoms with Crippen LogP contribution in [-0.4, -0.2) is 35.8 Å². The third kappa shape index (κ3) is 9.01. The van der Waals surface area contributed by atoms with Crippen LogP contribution in [0.3, 0.4) is 0 Å². The highest BCUT2D eigenvalue weighted by Crippen LogP contribution is 2.37. The van der Waals surface area contributed by atoms with Crippen LogP contribution in [-0.2, 0) is 24.6 Å². The van der Waals surface area contributed by atoms with Crippen LogP contribution < -0.4 is 24.3 Å². The first kappa shape index (κ1) is 33.9. The van der Waals surface area contributed by atoms with Crippen molar-refractivity contribution in [1.82, 2.24) is 10.3 Å². The van der Waals surface area contributed by atoms with Crippen LogP contribution >= 0.6 is 15.9 Å². The molecule has 10 heteroatoms. The molecule has 2 heterocycles. The van der Waals surface area contributed by atoms with E-state index in [0.29, 0.717) is 56.4 Å². The topological polar surface area (TPSA) is 123 Å². The number of aliphatic carboxylic acids is 1. The maximum absolute atomic E-state index is 10.9. The summed E-state index contributed by atoms with van der Waals surface area (Å²) in [7, 11) is 0. The van der Waals surface area contributed by atoms with Gasteiger partial charge in [-0.05, 0) is 82.3 Å². The van der Waals surface area contributed by atoms with Crippen LogP contribution in [0.2, 0.25) is 0 Å². The molecule has 3 aromatic carbocycles. The van der Waals surface area contributed by atoms with Gasteiger partial charge in [0.25, 0.3) is 0 Å². The van der Waals surface area contributed by atoms with Gasteiger partial charge in [0, 0.05) is 42.6 Å². The van der Waals surface area contributed by atoms with Crippen molar-refractivity contribution in [2.75, 3.05) is 19.8 Å². The zero-order chi connectivity index (χ0) is 32.9. The molecule has 5 rings (SSSR count). The van der Waals surface area contributed by atoms with Gasteiger partial charge in [0.2, 0.25) is 0 Å². The molecule has 0 amide bonds. The number of pyridine rings is 1. The number of carbonyl (C=O) groups is 1. The molecule has 0 fully saturated rings. The van der Waals surface area contributed by atoms with E-state index in [2.05, 4.69) is 58.1 Å². The van der Waals surface area contributed by atoms with Crippen molar-refractivity contribution >= 4 is 21.9 Å². The number of hydrogen-bond acceptors (Lipinski definition) is 8. The summed E-state index contributed by atoms with van der Waals surface area (Å²) in [5.74, 6) is 1.91. The minimum absolute atomic E-state index is 0.102. The van der Waals surface area contributed by atoms with Gasteiger partial charge in [0.05, 0.1) is 10.0 Å². The molecule has 1 aromatic heterocycles. The normalized spacial score (nSPS) is 11.5. The van der Waals surface area contributed by atoms with Crippen molar-refractivity contribution in [2.45, 2.75) is 39.5 Å². The Labute approximate surface area is 277 Å². The standard InChI is InChI=1S/C34H32BrN3O6.C2H2/c1-22-26(4-2-5-28(22)25-7-8-30-33(14-25)42-11-10-41-30)21-44-32-15-31(43-20-24-12-23(16-36)17-38-18-24)27(13-29(32)35)19-37-9-3-6-34(39)40;1-2/h2,4-5,7-8,12-15,17-18,37H,3,6,9-11,19-21H2,1H3,(H,39,40);1-2H. The fourth-order valence-electron chi connectivity index (χ4n) is 4.85. The average Bonchev–Trinajstić information content (AvgIpc) is 3.08. The molecule has 0 saturated carbocycles. The lowest BCUT2D eigenvalue weighted by Gasteiger charge is -2.20. The minimum atomic E-state index is -0.819. The van der Waals surface area contributed by atoms with E-state index in [9.17, 15) is 10.1 Å². The number of carboxylic acid groups (broad SMARTS) is 1. The van der Waals surface area contributed by atoms with Gasteiger partial charge in [-0.15, -0.1) is 12.8 Å². The number of aromatic nitrogens is 1. The molecule has 1 aliphatic rings. The Kier molecular flexibility index (Phi) is 12.4. The number of benzene rings is 3. The summed E-state index contributed by atoms with van der Waals surface area (Å²) in [5, 5.41) is 21.4. The van der Waals surface area contributed by atoms with E-state index in [1.807, 2.05) is 42.5 Å². The number of nitrogens with zero attached hydrogens (tertiary/aromatic N) is 2. The number of ether oxygens (including phenoxy) is 4. The molecule has 0 bridgehead atoms. The van der Waals surface area contributed by atoms with E-state index < -0.39 is 5.97 Å². The number of rotatable bonds is 13. The van der Waals surface area contributed by atoms with Crippen molar-refractivity contribution in [1.29, 1.82) is 5.26 Å². The zero-order valence-electron chi connectivity index (χ0n) is 25.4. The number of nitrogens with one attached hydrogen (secondary N) is 1. The van der Waals surface area contributed by atoms with Crippen LogP contribution in [0.4, 0.5) is 0 Å². The maximum atomic E-state index is 10.9. The van der Waals surface area contributed by atoms with Crippen molar-refractivity contribution < 1.29 is 28.8 Å². The maximum Gasteiger partial charge on any atom is 0.303 e. The van der Waals surface area contributed by atoms with E-state index >= 15 is 0 Å². The first-order valence-electron chi connectivity index (χ1n) is 14.6. The lowest BCUT2D eigenvalue weighted by Crippen LogP contribution is -2.16. The van der Waals surface area contributed by atoms with Crippen molar-refractivity contribution in [3.63, 3.8) is 0 Å². The van der Waals surface area contributed by atoms with E-state index in [4.69, 9.17) is 24.1 Å². The van der Waals surface area contributed by atoms with Crippen molar-refractivity contribution in [3.05, 3.63) is 99.3 Å². The highest BCUT2D eigenvalue weighted by atomic mass is 79.9. The molecule has 1 aliphatic heterocycles. The fourth-order valence-corrected chi connectivity index (χ4v) is 5.36. The molecule has 0 spiro atoms. The van der Waals surface area contributed by atoms with Crippen LogP contribution in [0.25, 0.3) is 11.1 Å². The molecule has 4 aromatic rings. The number of hydrogen-bond donors (Lipinski definition) is 2. The Bertz CT molecular complexity index is 1730. The Morgan fingerprint density at radius 2 is 1.80 bits per heavy atom. The lowest BCUT2D eigenvalue weighted by atomic mass is 9.96. The molecule has 0 radical (unpaired) electrons. The van der Waals surface area contributed by atoms with Gasteiger partial charge < -0.3 is 29.4 Å². The second kappa shape index (κ2) is 16.9. The number of terminal acetylenes is 1. The van der Waals surface area contributed by atoms with Crippen molar-refractivity contribution in [2.24, 2.45) is 0 Å². The second-order valence-corrected chi connectivity index (χ2v) is 11.1. The van der Waals surface area contributed by atoms with Crippen molar-refractivity contribution in [3.8, 4) is 53.0 Å². The van der Waals surface area contributed by atoms with Crippen LogP contribution in [0.1, 0.15) is 40.7 Å². The third-order valence-electron chi connectivity index (χ3n) is 7.18. The van der Waals surface area contributed by atoms with Crippen LogP contribution in [0.15, 0.2) is 71.5 Å². The van der Waals surface area contributed by atoms with Gasteiger partial charge in [-0.1, -0.05) is 24.3 Å². The Balaban J connectivity index is 0.00000235. The first-order chi connectivity index (χ1) is 22.4. The summed E-state index contributed by atoms with van der Waals surface area (Å²) < 4.78 is 24.8. The van der Waals surface area contributed by atoms with Gasteiger partial charge in [0.1, 0.15) is 44.0 Å². The number of carboxylic acids is 1. The molecule has 236 valence electrons. The first-order valence-corrected chi connectivity index (χ1v) is 15.4. The monoisotopic (exact) mass is 683 g/mol. The largest absolute Gasteiger partial charge is 0.488 e. The molecule has 0 atom stereocenters. The third-order valence-corrected chi connectivity index (χ3v) is 7.80. The molecule has 0 unspecified atom stereocenters. The molecular weight excluding hydrogens is 650 g/mol. The molecule has 2 N–H and O–H groups in total. The van der Waals surface area contributed by atoms with Crippen LogP contribution in [0, 0.1) is 31.1 Å². The van der Waals surface area contributed by atoms with Gasteiger partial charge >= 0.3 is 5.97 Å². The highest BCUT2D eigenvalue weighted by molar-refractivity contribution is 9.10. The number of halogens is 1. The number of nitriles is 1. The Morgan fingerprint density at radius 3 is 2.59 bits per heavy atom. The van der Waals surface area contributed by atoms with Gasteiger partial charge in [-0.2, -0.15) is 5.26 Å². The quantitative estimate of drug-likeness (QED) is 0.115. The van der Waals surface area contributed by atoms with Crippen LogP contribution in [0.5, 0.6) is 23.0 Å². The summed E-state index contributed by atoms with van der Waals surface area (Å²) >= 11 is 3.66. The summed E-state index contributed by atoms with van der Waals surface area (Å²) in [5.41, 5.74) is 6.37. The van der Waals surface area contributed by atoms with E-state index in [1.165, 1.54) is 6.20 Å². The average molecular weight is 685 g/mol. The SMILES string of the molecule is C#C.Cc1c(COc2cc(OCc3cncc(C#N)c3)c(CNCCCC(=O)O)cc2Br)cccc1-c1ccc2c(c1)OCCO2. The molecular formula is C36H34BrN3O6. The highest BCUT2D eigenvalue weighted by Gasteiger charge is 2.16. The Hall–Kier alpha value is -5.03. The van der Waals surface area contributed by atoms with E-state index in [-0.39, 0.29) is 13.0 Å². The molecule has 0 aliphatic carbocycles. The second-order valence-electron chi connectivity index (χ2n) is 10.3. The number of fused-ring (bicyclic) bond motifs is 1. The predicted octanol–water partition coefficient (Wildman–Crippen LogP) is 6.82. The Morgan fingerprint density at radius 1 is 1.02 bits per heavy atom. The van der Waals surface area contributed by atoms with Gasteiger partial charge in [0.15, 0.2) is 11.5 Å². The summed E-state index contributed by atoms with van der Waals surface area (Å²) in [6.07, 6.45) is 11.8. The molecule has 0 saturated heterocycles. The fraction of sp³-hybridized carbons (Fsp3) is 0.250. The predicted molar refractivity (Wildman–Crippen MR) is 178 cm³/mol. The summed E-state index contributed by atoms with van der Waals surface area (Å²) in [6, 6.07) is 19.8. The zero-order valence-corrected chi connectivity index (χ0v) is 27.0. The molecule has 46 heavy (non-hydrogen) atoms. The van der Waals surface area contributed by atoms with E-state index in [1.54, 1.807) is 12.3 Å². The smallest absolute Gasteiger partial charge is 0.303 e. The summed E-state index contributed by atoms with van der Waals surface area (Å²) in [4.78, 5) is 15.0. The van der Waals surface area contributed by atoms with Gasteiger partial charge in [-0.25, -0.2) is 0 Å². The van der Waals surface area contributed by atoms with Gasteiger partial charge in [-0.3, -0.25) is 9.78 Å².